The largest absolute Gasteiger partial charge is 0.396 e. The van der Waals surface area contributed by atoms with E-state index in [1.54, 1.807) is 0 Å². The molecule has 0 spiro atoms. The minimum absolute atomic E-state index is 0.190. The van der Waals surface area contributed by atoms with Crippen LogP contribution in [0.15, 0.2) is 48.5 Å². The fourth-order valence-electron chi connectivity index (χ4n) is 3.87. The van der Waals surface area contributed by atoms with E-state index < -0.39 is 0 Å². The molecule has 0 fully saturated rings. The molecule has 2 aliphatic heterocycles. The Labute approximate surface area is 113 Å². The van der Waals surface area contributed by atoms with E-state index >= 15 is 0 Å². The number of hydrogen-bond acceptors (Lipinski definition) is 2. The van der Waals surface area contributed by atoms with E-state index in [-0.39, 0.29) is 12.1 Å². The zero-order valence-electron chi connectivity index (χ0n) is 10.8. The molecule has 0 aliphatic carbocycles. The SMILES string of the molecule is OCC[C@@]12N[C@@H](Cc3ccccc31)c1ccccc12. The monoisotopic (exact) mass is 251 g/mol. The van der Waals surface area contributed by atoms with Crippen molar-refractivity contribution >= 4 is 0 Å². The summed E-state index contributed by atoms with van der Waals surface area (Å²) in [4.78, 5) is 0. The van der Waals surface area contributed by atoms with Crippen LogP contribution in [0.1, 0.15) is 34.7 Å². The molecule has 2 bridgehead atoms. The Balaban J connectivity index is 2.01. The second-order valence-electron chi connectivity index (χ2n) is 5.52. The molecule has 0 saturated carbocycles. The van der Waals surface area contributed by atoms with E-state index in [0.29, 0.717) is 6.04 Å². The van der Waals surface area contributed by atoms with Crippen LogP contribution < -0.4 is 5.32 Å². The van der Waals surface area contributed by atoms with Crippen molar-refractivity contribution in [2.45, 2.75) is 24.4 Å². The molecule has 2 aliphatic rings. The van der Waals surface area contributed by atoms with E-state index in [1.807, 2.05) is 0 Å². The van der Waals surface area contributed by atoms with Gasteiger partial charge in [-0.2, -0.15) is 0 Å². The van der Waals surface area contributed by atoms with E-state index in [1.165, 1.54) is 22.3 Å². The molecular weight excluding hydrogens is 234 g/mol. The van der Waals surface area contributed by atoms with Crippen molar-refractivity contribution in [2.24, 2.45) is 0 Å². The molecule has 2 nitrogen and oxygen atoms in total. The second-order valence-corrected chi connectivity index (χ2v) is 5.52. The van der Waals surface area contributed by atoms with Gasteiger partial charge in [0.05, 0.1) is 5.54 Å². The summed E-state index contributed by atoms with van der Waals surface area (Å²) in [6.07, 6.45) is 1.78. The average molecular weight is 251 g/mol. The van der Waals surface area contributed by atoms with Crippen LogP contribution in [0.4, 0.5) is 0 Å². The van der Waals surface area contributed by atoms with Gasteiger partial charge in [-0.15, -0.1) is 0 Å². The van der Waals surface area contributed by atoms with Crippen LogP contribution >= 0.6 is 0 Å². The highest BCUT2D eigenvalue weighted by Crippen LogP contribution is 2.49. The Bertz CT molecular complexity index is 624. The van der Waals surface area contributed by atoms with Gasteiger partial charge in [-0.3, -0.25) is 5.32 Å². The third-order valence-electron chi connectivity index (χ3n) is 4.60. The zero-order chi connectivity index (χ0) is 12.9. The molecule has 4 rings (SSSR count). The van der Waals surface area contributed by atoms with Crippen LogP contribution in [0.3, 0.4) is 0 Å². The summed E-state index contributed by atoms with van der Waals surface area (Å²) >= 11 is 0. The standard InChI is InChI=1S/C17H17NO/c19-10-9-17-14-7-3-1-5-12(14)11-16(18-17)13-6-2-4-8-15(13)17/h1-8,16,18-19H,9-11H2/t16-,17+/m0/s1. The fourth-order valence-corrected chi connectivity index (χ4v) is 3.87. The van der Waals surface area contributed by atoms with E-state index in [0.717, 1.165) is 12.8 Å². The number of aliphatic hydroxyl groups is 1. The quantitative estimate of drug-likeness (QED) is 0.859. The highest BCUT2D eigenvalue weighted by molar-refractivity contribution is 5.54. The lowest BCUT2D eigenvalue weighted by molar-refractivity contribution is 0.226. The van der Waals surface area contributed by atoms with Gasteiger partial charge >= 0.3 is 0 Å². The molecule has 0 aromatic heterocycles. The summed E-state index contributed by atoms with van der Waals surface area (Å²) in [5.74, 6) is 0. The number of benzene rings is 2. The molecule has 2 heteroatoms. The summed E-state index contributed by atoms with van der Waals surface area (Å²) in [6.45, 7) is 0.197. The predicted octanol–water partition coefficient (Wildman–Crippen LogP) is 2.51. The summed E-state index contributed by atoms with van der Waals surface area (Å²) in [6, 6.07) is 17.7. The molecule has 2 aromatic carbocycles. The first kappa shape index (κ1) is 11.2. The van der Waals surface area contributed by atoms with Gasteiger partial charge in [0.25, 0.3) is 0 Å². The summed E-state index contributed by atoms with van der Waals surface area (Å²) in [7, 11) is 0. The van der Waals surface area contributed by atoms with Gasteiger partial charge in [0, 0.05) is 12.6 Å². The second kappa shape index (κ2) is 3.92. The first-order chi connectivity index (χ1) is 9.35. The van der Waals surface area contributed by atoms with E-state index in [2.05, 4.69) is 53.8 Å². The number of hydrogen-bond donors (Lipinski definition) is 2. The lowest BCUT2D eigenvalue weighted by Gasteiger charge is -2.37. The van der Waals surface area contributed by atoms with Crippen LogP contribution in [0.25, 0.3) is 0 Å². The van der Waals surface area contributed by atoms with E-state index in [9.17, 15) is 5.11 Å². The Morgan fingerprint density at radius 2 is 1.79 bits per heavy atom. The molecule has 96 valence electrons. The van der Waals surface area contributed by atoms with Crippen molar-refractivity contribution in [3.63, 3.8) is 0 Å². The third kappa shape index (κ3) is 1.38. The van der Waals surface area contributed by atoms with Crippen molar-refractivity contribution in [1.82, 2.24) is 5.32 Å². The minimum Gasteiger partial charge on any atom is -0.396 e. The highest BCUT2D eigenvalue weighted by Gasteiger charge is 2.47. The Kier molecular flexibility index (Phi) is 2.32. The van der Waals surface area contributed by atoms with Crippen molar-refractivity contribution in [1.29, 1.82) is 0 Å². The maximum Gasteiger partial charge on any atom is 0.0723 e. The Morgan fingerprint density at radius 1 is 1.05 bits per heavy atom. The number of nitrogens with one attached hydrogen (secondary N) is 1. The van der Waals surface area contributed by atoms with Gasteiger partial charge in [-0.1, -0.05) is 48.5 Å². The van der Waals surface area contributed by atoms with Gasteiger partial charge in [0.1, 0.15) is 0 Å². The minimum atomic E-state index is -0.190. The van der Waals surface area contributed by atoms with Crippen molar-refractivity contribution in [3.8, 4) is 0 Å². The summed E-state index contributed by atoms with van der Waals surface area (Å²) in [5.41, 5.74) is 5.30. The molecule has 2 atom stereocenters. The number of rotatable bonds is 2. The average Bonchev–Trinajstić information content (AvgIpc) is 2.71. The van der Waals surface area contributed by atoms with Crippen LogP contribution in [0.2, 0.25) is 0 Å². The van der Waals surface area contributed by atoms with Gasteiger partial charge in [-0.05, 0) is 35.1 Å². The number of fused-ring (bicyclic) bond motifs is 7. The molecule has 0 saturated heterocycles. The molecule has 2 N–H and O–H groups in total. The molecule has 2 aromatic rings. The molecule has 2 heterocycles. The molecule has 19 heavy (non-hydrogen) atoms. The van der Waals surface area contributed by atoms with Crippen molar-refractivity contribution in [2.75, 3.05) is 6.61 Å². The third-order valence-corrected chi connectivity index (χ3v) is 4.60. The van der Waals surface area contributed by atoms with Gasteiger partial charge in [0.2, 0.25) is 0 Å². The van der Waals surface area contributed by atoms with Crippen LogP contribution in [-0.2, 0) is 12.0 Å². The summed E-state index contributed by atoms with van der Waals surface area (Å²) in [5, 5.41) is 13.3. The topological polar surface area (TPSA) is 32.3 Å². The van der Waals surface area contributed by atoms with Crippen LogP contribution in [-0.4, -0.2) is 11.7 Å². The van der Waals surface area contributed by atoms with E-state index in [4.69, 9.17) is 0 Å². The number of aliphatic hydroxyl groups excluding tert-OH is 1. The van der Waals surface area contributed by atoms with Gasteiger partial charge in [-0.25, -0.2) is 0 Å². The first-order valence-corrected chi connectivity index (χ1v) is 6.91. The lowest BCUT2D eigenvalue weighted by Crippen LogP contribution is -2.44. The molecule has 0 radical (unpaired) electrons. The molecular formula is C17H17NO. The predicted molar refractivity (Wildman–Crippen MR) is 74.9 cm³/mol. The Hall–Kier alpha value is -1.64. The van der Waals surface area contributed by atoms with Crippen molar-refractivity contribution in [3.05, 3.63) is 70.8 Å². The van der Waals surface area contributed by atoms with Crippen molar-refractivity contribution < 1.29 is 5.11 Å². The fraction of sp³-hybridized carbons (Fsp3) is 0.294. The molecule has 0 unspecified atom stereocenters. The van der Waals surface area contributed by atoms with Gasteiger partial charge in [0.15, 0.2) is 0 Å². The molecule has 0 amide bonds. The van der Waals surface area contributed by atoms with Crippen LogP contribution in [0.5, 0.6) is 0 Å². The normalized spacial score (nSPS) is 26.9. The lowest BCUT2D eigenvalue weighted by atomic mass is 9.78. The highest BCUT2D eigenvalue weighted by atomic mass is 16.3. The maximum atomic E-state index is 9.54. The smallest absolute Gasteiger partial charge is 0.0723 e. The van der Waals surface area contributed by atoms with Gasteiger partial charge < -0.3 is 5.11 Å². The Morgan fingerprint density at radius 3 is 2.63 bits per heavy atom. The maximum absolute atomic E-state index is 9.54. The van der Waals surface area contributed by atoms with Crippen LogP contribution in [0, 0.1) is 0 Å². The summed E-state index contributed by atoms with van der Waals surface area (Å²) < 4.78 is 0. The zero-order valence-corrected chi connectivity index (χ0v) is 10.8. The first-order valence-electron chi connectivity index (χ1n) is 6.91.